The summed E-state index contributed by atoms with van der Waals surface area (Å²) in [6.07, 6.45) is -11.2. The van der Waals surface area contributed by atoms with E-state index < -0.39 is 42.0 Å². The van der Waals surface area contributed by atoms with Crippen LogP contribution in [0.4, 0.5) is 39.5 Å². The fraction of sp³-hybridized carbons (Fsp3) is 0.365. The Morgan fingerprint density at radius 3 is 1.90 bits per heavy atom. The van der Waals surface area contributed by atoms with Gasteiger partial charge in [0.1, 0.15) is 23.6 Å². The molecule has 9 nitrogen and oxygen atoms in total. The Balaban J connectivity index is 0.892. The first-order valence-corrected chi connectivity index (χ1v) is 24.1. The molecule has 384 valence electrons. The van der Waals surface area contributed by atoms with Gasteiger partial charge in [-0.1, -0.05) is 59.6 Å². The second-order valence-corrected chi connectivity index (χ2v) is 18.9. The number of hydrogen-bond donors (Lipinski definition) is 3. The number of hydrogen-bond acceptors (Lipinski definition) is 7. The van der Waals surface area contributed by atoms with Crippen molar-refractivity contribution in [1.82, 2.24) is 30.3 Å². The Morgan fingerprint density at radius 2 is 1.29 bits per heavy atom. The van der Waals surface area contributed by atoms with Crippen molar-refractivity contribution in [3.8, 4) is 22.6 Å². The van der Waals surface area contributed by atoms with Gasteiger partial charge in [0.05, 0.1) is 11.1 Å². The zero-order valence-corrected chi connectivity index (χ0v) is 40.2. The van der Waals surface area contributed by atoms with E-state index in [4.69, 9.17) is 27.9 Å². The molecule has 0 bridgehead atoms. The zero-order chi connectivity index (χ0) is 51.3. The molecule has 3 heterocycles. The molecule has 72 heavy (non-hydrogen) atoms. The van der Waals surface area contributed by atoms with Crippen LogP contribution in [0.25, 0.3) is 22.0 Å². The Bertz CT molecular complexity index is 2750. The Morgan fingerprint density at radius 1 is 0.694 bits per heavy atom. The van der Waals surface area contributed by atoms with Gasteiger partial charge in [0.25, 0.3) is 0 Å². The van der Waals surface area contributed by atoms with Crippen LogP contribution in [0.3, 0.4) is 0 Å². The number of alkyl halides is 9. The summed E-state index contributed by atoms with van der Waals surface area (Å²) in [4.78, 5) is 18.7. The van der Waals surface area contributed by atoms with E-state index in [-0.39, 0.29) is 35.6 Å². The standard InChI is InChI=1S/C52H51Cl2F9N6O3/c53-45-3-1-4-46(54)44(45)31-68-23-21-67(22-24-68)30-35-7-14-47-42(27-35)43(37-8-12-41(13-9-37)72-52(61,62)63)32-69(47)20-2-17-65-48(70)49(15-18-64-19-16-49)66-29-34-5-10-40(11-6-34)71-33-36-25-38(50(55,56)57)28-39(26-36)51(58,59)60/h1,3-14,25-28,32,64,66H,2,15-24,29-31,33H2,(H,65,70). The molecular formula is C52H51Cl2F9N6O3. The maximum atomic E-state index is 14.0. The number of aryl methyl sites for hydroxylation is 1. The number of nitrogens with zero attached hydrogens (tertiary/aromatic N) is 3. The fourth-order valence-electron chi connectivity index (χ4n) is 9.17. The molecule has 0 saturated carbocycles. The summed E-state index contributed by atoms with van der Waals surface area (Å²) in [7, 11) is 0. The highest BCUT2D eigenvalue weighted by atomic mass is 35.5. The number of benzene rings is 5. The smallest absolute Gasteiger partial charge is 0.489 e. The monoisotopic (exact) mass is 1050 g/mol. The van der Waals surface area contributed by atoms with E-state index in [9.17, 15) is 44.3 Å². The van der Waals surface area contributed by atoms with Crippen LogP contribution in [0.2, 0.25) is 10.0 Å². The molecule has 2 aliphatic heterocycles. The zero-order valence-electron chi connectivity index (χ0n) is 38.7. The second kappa shape index (κ2) is 22.3. The van der Waals surface area contributed by atoms with Gasteiger partial charge in [-0.05, 0) is 121 Å². The molecular weight excluding hydrogens is 998 g/mol. The van der Waals surface area contributed by atoms with Gasteiger partial charge >= 0.3 is 18.7 Å². The quantitative estimate of drug-likeness (QED) is 0.0620. The van der Waals surface area contributed by atoms with Gasteiger partial charge in [0, 0.05) is 97.2 Å². The van der Waals surface area contributed by atoms with Crippen LogP contribution < -0.4 is 25.4 Å². The summed E-state index contributed by atoms with van der Waals surface area (Å²) in [5, 5.41) is 12.1. The van der Waals surface area contributed by atoms with Gasteiger partial charge in [-0.3, -0.25) is 19.9 Å². The first kappa shape index (κ1) is 52.8. The molecule has 2 aliphatic rings. The van der Waals surface area contributed by atoms with Gasteiger partial charge in [-0.25, -0.2) is 0 Å². The number of amides is 1. The number of halogens is 11. The predicted molar refractivity (Wildman–Crippen MR) is 258 cm³/mol. The molecule has 2 fully saturated rings. The summed E-state index contributed by atoms with van der Waals surface area (Å²) < 4.78 is 131. The number of rotatable bonds is 17. The summed E-state index contributed by atoms with van der Waals surface area (Å²) in [5.41, 5.74) is 1.21. The molecule has 0 spiro atoms. The minimum absolute atomic E-state index is 0.0691. The third-order valence-electron chi connectivity index (χ3n) is 13.0. The van der Waals surface area contributed by atoms with Gasteiger partial charge in [0.2, 0.25) is 5.91 Å². The third kappa shape index (κ3) is 13.6. The molecule has 0 radical (unpaired) electrons. The van der Waals surface area contributed by atoms with Crippen LogP contribution in [0, 0.1) is 0 Å². The van der Waals surface area contributed by atoms with Crippen molar-refractivity contribution in [1.29, 1.82) is 0 Å². The highest BCUT2D eigenvalue weighted by Gasteiger charge is 2.39. The van der Waals surface area contributed by atoms with Crippen molar-refractivity contribution in [3.63, 3.8) is 0 Å². The third-order valence-corrected chi connectivity index (χ3v) is 13.7. The topological polar surface area (TPSA) is 83.0 Å². The predicted octanol–water partition coefficient (Wildman–Crippen LogP) is 11.9. The molecule has 3 N–H and O–H groups in total. The van der Waals surface area contributed by atoms with Gasteiger partial charge in [-0.2, -0.15) is 26.3 Å². The number of fused-ring (bicyclic) bond motifs is 1. The first-order valence-electron chi connectivity index (χ1n) is 23.3. The van der Waals surface area contributed by atoms with Crippen LogP contribution in [-0.4, -0.2) is 78.0 Å². The lowest BCUT2D eigenvalue weighted by molar-refractivity contribution is -0.274. The van der Waals surface area contributed by atoms with Crippen LogP contribution in [0.5, 0.6) is 11.5 Å². The van der Waals surface area contributed by atoms with Crippen molar-refractivity contribution in [3.05, 3.63) is 153 Å². The molecule has 0 aliphatic carbocycles. The molecule has 2 saturated heterocycles. The van der Waals surface area contributed by atoms with Crippen molar-refractivity contribution in [2.45, 2.75) is 76.3 Å². The second-order valence-electron chi connectivity index (χ2n) is 18.1. The summed E-state index contributed by atoms with van der Waals surface area (Å²) in [5.74, 6) is -0.254. The Hall–Kier alpha value is -5.50. The van der Waals surface area contributed by atoms with E-state index in [0.29, 0.717) is 86.3 Å². The molecule has 20 heteroatoms. The maximum absolute atomic E-state index is 14.0. The Labute approximate surface area is 420 Å². The first-order chi connectivity index (χ1) is 34.2. The highest BCUT2D eigenvalue weighted by Crippen LogP contribution is 2.38. The van der Waals surface area contributed by atoms with E-state index in [1.165, 1.54) is 12.1 Å². The van der Waals surface area contributed by atoms with E-state index in [1.807, 2.05) is 24.4 Å². The largest absolute Gasteiger partial charge is 0.573 e. The molecule has 1 aromatic heterocycles. The lowest BCUT2D eigenvalue weighted by Gasteiger charge is -2.37. The van der Waals surface area contributed by atoms with E-state index >= 15 is 0 Å². The summed E-state index contributed by atoms with van der Waals surface area (Å²) in [6, 6.07) is 25.4. The number of piperazine rings is 1. The molecule has 6 aromatic rings. The number of ether oxygens (including phenoxy) is 2. The van der Waals surface area contributed by atoms with Crippen LogP contribution in [0.1, 0.15) is 52.6 Å². The molecule has 8 rings (SSSR count). The molecule has 0 unspecified atom stereocenters. The summed E-state index contributed by atoms with van der Waals surface area (Å²) >= 11 is 12.9. The molecule has 5 aromatic carbocycles. The average molecular weight is 1050 g/mol. The van der Waals surface area contributed by atoms with Crippen molar-refractivity contribution < 1.29 is 53.8 Å². The minimum Gasteiger partial charge on any atom is -0.489 e. The van der Waals surface area contributed by atoms with Crippen LogP contribution in [0.15, 0.2) is 109 Å². The van der Waals surface area contributed by atoms with Crippen LogP contribution >= 0.6 is 23.2 Å². The van der Waals surface area contributed by atoms with Crippen molar-refractivity contribution in [2.75, 3.05) is 45.8 Å². The highest BCUT2D eigenvalue weighted by molar-refractivity contribution is 6.36. The normalized spacial score (nSPS) is 16.0. The maximum Gasteiger partial charge on any atom is 0.573 e. The van der Waals surface area contributed by atoms with E-state index in [2.05, 4.69) is 53.3 Å². The summed E-state index contributed by atoms with van der Waals surface area (Å²) in [6.45, 7) is 6.49. The molecule has 0 atom stereocenters. The number of aromatic nitrogens is 1. The SMILES string of the molecule is O=C(NCCCn1cc(-c2ccc(OC(F)(F)F)cc2)c2cc(CN3CCN(Cc4c(Cl)cccc4Cl)CC3)ccc21)C1(NCc2ccc(OCc3cc(C(F)(F)F)cc(C(F)(F)F)c3)cc2)CCNCC1. The van der Waals surface area contributed by atoms with Crippen molar-refractivity contribution >= 4 is 40.0 Å². The average Bonchev–Trinajstić information content (AvgIpc) is 3.70. The number of nitrogens with one attached hydrogen (secondary N) is 3. The number of carbonyl (C=O) groups is 1. The van der Waals surface area contributed by atoms with Gasteiger partial charge in [0.15, 0.2) is 0 Å². The minimum atomic E-state index is -4.97. The van der Waals surface area contributed by atoms with E-state index in [0.717, 1.165) is 59.3 Å². The van der Waals surface area contributed by atoms with Gasteiger partial charge < -0.3 is 24.7 Å². The Kier molecular flexibility index (Phi) is 16.4. The fourth-order valence-corrected chi connectivity index (χ4v) is 9.68. The number of piperidine rings is 1. The lowest BCUT2D eigenvalue weighted by Crippen LogP contribution is -2.61. The number of carbonyl (C=O) groups excluding carboxylic acids is 1. The lowest BCUT2D eigenvalue weighted by atomic mass is 9.87. The van der Waals surface area contributed by atoms with Crippen molar-refractivity contribution in [2.24, 2.45) is 0 Å². The molecule has 1 amide bonds. The van der Waals surface area contributed by atoms with Crippen LogP contribution in [-0.2, 0) is 49.9 Å². The van der Waals surface area contributed by atoms with Gasteiger partial charge in [-0.15, -0.1) is 13.2 Å². The van der Waals surface area contributed by atoms with E-state index in [1.54, 1.807) is 36.4 Å².